The summed E-state index contributed by atoms with van der Waals surface area (Å²) in [6, 6.07) is 9.89. The number of carbonyl (C=O) groups is 2. The summed E-state index contributed by atoms with van der Waals surface area (Å²) in [5.41, 5.74) is 2.50. The highest BCUT2D eigenvalue weighted by Gasteiger charge is 2.29. The van der Waals surface area contributed by atoms with E-state index >= 15 is 0 Å². The van der Waals surface area contributed by atoms with Gasteiger partial charge in [0.05, 0.1) is 12.2 Å². The Morgan fingerprint density at radius 3 is 2.72 bits per heavy atom. The highest BCUT2D eigenvalue weighted by Crippen LogP contribution is 2.32. The van der Waals surface area contributed by atoms with Crippen LogP contribution in [-0.2, 0) is 17.8 Å². The molecule has 6 nitrogen and oxygen atoms in total. The van der Waals surface area contributed by atoms with E-state index in [1.54, 1.807) is 0 Å². The molecule has 1 N–H and O–H groups in total. The molecule has 1 fully saturated rings. The summed E-state index contributed by atoms with van der Waals surface area (Å²) < 4.78 is 0. The third-order valence-corrected chi connectivity index (χ3v) is 7.36. The number of hydrogen-bond donors (Lipinski definition) is 1. The number of amides is 2. The van der Waals surface area contributed by atoms with Crippen LogP contribution in [0.3, 0.4) is 0 Å². The van der Waals surface area contributed by atoms with Crippen LogP contribution in [-0.4, -0.2) is 33.2 Å². The highest BCUT2D eigenvalue weighted by atomic mass is 32.1. The Bertz CT molecular complexity index is 1060. The number of aromatic nitrogens is 2. The van der Waals surface area contributed by atoms with Crippen LogP contribution >= 0.6 is 22.7 Å². The van der Waals surface area contributed by atoms with E-state index in [9.17, 15) is 9.59 Å². The van der Waals surface area contributed by atoms with Crippen molar-refractivity contribution in [3.8, 4) is 10.6 Å². The van der Waals surface area contributed by atoms with Crippen molar-refractivity contribution in [3.63, 3.8) is 0 Å². The second-order valence-corrected chi connectivity index (χ2v) is 9.33. The Morgan fingerprint density at radius 1 is 1.14 bits per heavy atom. The Hall–Kier alpha value is -2.58. The van der Waals surface area contributed by atoms with Crippen LogP contribution in [0.1, 0.15) is 40.3 Å². The first-order chi connectivity index (χ1) is 14.2. The number of benzene rings is 1. The molecule has 1 aliphatic carbocycles. The van der Waals surface area contributed by atoms with Crippen LogP contribution in [0, 0.1) is 5.92 Å². The molecule has 1 aromatic carbocycles. The molecule has 3 heterocycles. The van der Waals surface area contributed by atoms with Gasteiger partial charge in [0.1, 0.15) is 10.7 Å². The molecule has 0 bridgehead atoms. The number of nitrogens with zero attached hydrogens (tertiary/aromatic N) is 3. The SMILES string of the molecule is O=C(Nc1nc2c(s1)CN(C(=O)c1csc(-c3ccccc3)n1)CC2)C1CCC1. The van der Waals surface area contributed by atoms with Crippen molar-refractivity contribution >= 4 is 39.6 Å². The Balaban J connectivity index is 1.27. The predicted molar refractivity (Wildman–Crippen MR) is 114 cm³/mol. The van der Waals surface area contributed by atoms with E-state index in [4.69, 9.17) is 0 Å². The molecule has 148 valence electrons. The summed E-state index contributed by atoms with van der Waals surface area (Å²) in [6.07, 6.45) is 3.77. The van der Waals surface area contributed by atoms with Crippen molar-refractivity contribution in [1.82, 2.24) is 14.9 Å². The Morgan fingerprint density at radius 2 is 1.97 bits per heavy atom. The van der Waals surface area contributed by atoms with Gasteiger partial charge in [-0.25, -0.2) is 9.97 Å². The maximum atomic E-state index is 13.0. The molecule has 0 atom stereocenters. The minimum Gasteiger partial charge on any atom is -0.332 e. The molecule has 1 saturated carbocycles. The summed E-state index contributed by atoms with van der Waals surface area (Å²) in [5.74, 6) is 0.159. The number of fused-ring (bicyclic) bond motifs is 1. The Labute approximate surface area is 176 Å². The van der Waals surface area contributed by atoms with Crippen molar-refractivity contribution in [3.05, 3.63) is 52.0 Å². The molecule has 0 unspecified atom stereocenters. The monoisotopic (exact) mass is 424 g/mol. The lowest BCUT2D eigenvalue weighted by Crippen LogP contribution is -2.35. The molecule has 8 heteroatoms. The second kappa shape index (κ2) is 7.68. The van der Waals surface area contributed by atoms with E-state index in [-0.39, 0.29) is 17.7 Å². The van der Waals surface area contributed by atoms with E-state index < -0.39 is 0 Å². The fraction of sp³-hybridized carbons (Fsp3) is 0.333. The van der Waals surface area contributed by atoms with Crippen molar-refractivity contribution in [2.75, 3.05) is 11.9 Å². The van der Waals surface area contributed by atoms with Gasteiger partial charge in [-0.05, 0) is 12.8 Å². The lowest BCUT2D eigenvalue weighted by atomic mass is 9.85. The molecule has 0 spiro atoms. The predicted octanol–water partition coefficient (Wildman–Crippen LogP) is 4.20. The van der Waals surface area contributed by atoms with Gasteiger partial charge in [-0.15, -0.1) is 11.3 Å². The zero-order valence-electron chi connectivity index (χ0n) is 15.8. The van der Waals surface area contributed by atoms with Crippen molar-refractivity contribution < 1.29 is 9.59 Å². The summed E-state index contributed by atoms with van der Waals surface area (Å²) in [7, 11) is 0. The van der Waals surface area contributed by atoms with E-state index in [1.165, 1.54) is 22.7 Å². The fourth-order valence-electron chi connectivity index (χ4n) is 3.55. The van der Waals surface area contributed by atoms with Crippen LogP contribution in [0.15, 0.2) is 35.7 Å². The molecule has 5 rings (SSSR count). The normalized spacial score (nSPS) is 16.2. The first-order valence-corrected chi connectivity index (χ1v) is 11.5. The van der Waals surface area contributed by atoms with Crippen LogP contribution in [0.25, 0.3) is 10.6 Å². The maximum absolute atomic E-state index is 13.0. The van der Waals surface area contributed by atoms with E-state index in [1.807, 2.05) is 40.6 Å². The van der Waals surface area contributed by atoms with Gasteiger partial charge in [0.25, 0.3) is 5.91 Å². The molecule has 29 heavy (non-hydrogen) atoms. The molecule has 1 aliphatic heterocycles. The topological polar surface area (TPSA) is 75.2 Å². The standard InChI is InChI=1S/C21H20N4O2S2/c26-18(13-7-4-8-13)24-21-23-15-9-10-25(11-17(15)29-21)20(27)16-12-28-19(22-16)14-5-2-1-3-6-14/h1-3,5-6,12-13H,4,7-11H2,(H,23,24,26). The summed E-state index contributed by atoms with van der Waals surface area (Å²) in [6.45, 7) is 1.13. The first-order valence-electron chi connectivity index (χ1n) is 9.77. The molecule has 3 aromatic rings. The van der Waals surface area contributed by atoms with Crippen LogP contribution in [0.5, 0.6) is 0 Å². The molecule has 2 aliphatic rings. The van der Waals surface area contributed by atoms with Gasteiger partial charge in [0.2, 0.25) is 5.91 Å². The molecule has 2 aromatic heterocycles. The highest BCUT2D eigenvalue weighted by molar-refractivity contribution is 7.16. The number of nitrogens with one attached hydrogen (secondary N) is 1. The average molecular weight is 425 g/mol. The van der Waals surface area contributed by atoms with Crippen molar-refractivity contribution in [2.24, 2.45) is 5.92 Å². The van der Waals surface area contributed by atoms with Crippen LogP contribution in [0.4, 0.5) is 5.13 Å². The van der Waals surface area contributed by atoms with E-state index in [2.05, 4.69) is 15.3 Å². The molecular formula is C21H20N4O2S2. The minimum atomic E-state index is -0.0532. The average Bonchev–Trinajstić information content (AvgIpc) is 3.33. The second-order valence-electron chi connectivity index (χ2n) is 7.39. The van der Waals surface area contributed by atoms with E-state index in [0.717, 1.165) is 40.4 Å². The van der Waals surface area contributed by atoms with Gasteiger partial charge in [0.15, 0.2) is 5.13 Å². The van der Waals surface area contributed by atoms with Gasteiger partial charge in [-0.1, -0.05) is 48.1 Å². The summed E-state index contributed by atoms with van der Waals surface area (Å²) >= 11 is 2.97. The van der Waals surface area contributed by atoms with Gasteiger partial charge >= 0.3 is 0 Å². The largest absolute Gasteiger partial charge is 0.332 e. The molecule has 0 saturated heterocycles. The number of anilines is 1. The lowest BCUT2D eigenvalue weighted by Gasteiger charge is -2.25. The van der Waals surface area contributed by atoms with Gasteiger partial charge in [0, 0.05) is 34.7 Å². The lowest BCUT2D eigenvalue weighted by molar-refractivity contribution is -0.122. The third kappa shape index (κ3) is 3.70. The zero-order chi connectivity index (χ0) is 19.8. The molecular weight excluding hydrogens is 404 g/mol. The smallest absolute Gasteiger partial charge is 0.273 e. The number of carbonyl (C=O) groups excluding carboxylic acids is 2. The maximum Gasteiger partial charge on any atom is 0.273 e. The quantitative estimate of drug-likeness (QED) is 0.681. The number of hydrogen-bond acceptors (Lipinski definition) is 6. The minimum absolute atomic E-state index is 0.0532. The van der Waals surface area contributed by atoms with E-state index in [0.29, 0.717) is 30.3 Å². The van der Waals surface area contributed by atoms with Gasteiger partial charge in [-0.2, -0.15) is 0 Å². The van der Waals surface area contributed by atoms with Crippen LogP contribution in [0.2, 0.25) is 0 Å². The molecule has 2 amide bonds. The first kappa shape index (κ1) is 18.4. The number of rotatable bonds is 4. The van der Waals surface area contributed by atoms with Gasteiger partial charge in [-0.3, -0.25) is 9.59 Å². The van der Waals surface area contributed by atoms with Crippen molar-refractivity contribution in [1.29, 1.82) is 0 Å². The third-order valence-electron chi connectivity index (χ3n) is 5.47. The zero-order valence-corrected chi connectivity index (χ0v) is 17.4. The summed E-state index contributed by atoms with van der Waals surface area (Å²) in [4.78, 5) is 37.1. The van der Waals surface area contributed by atoms with Gasteiger partial charge < -0.3 is 10.2 Å². The summed E-state index contributed by atoms with van der Waals surface area (Å²) in [5, 5.41) is 6.29. The van der Waals surface area contributed by atoms with Crippen molar-refractivity contribution in [2.45, 2.75) is 32.2 Å². The Kier molecular flexibility index (Phi) is 4.89. The fourth-order valence-corrected chi connectivity index (χ4v) is 5.37. The number of thiazole rings is 2. The van der Waals surface area contributed by atoms with Crippen LogP contribution < -0.4 is 5.32 Å². The molecule has 0 radical (unpaired) electrons.